The number of hydrogen-bond acceptors (Lipinski definition) is 11. The number of carbonyl (C=O) groups is 2. The Kier molecular flexibility index (Phi) is 15.1. The Bertz CT molecular complexity index is 1700. The van der Waals surface area contributed by atoms with Crippen LogP contribution in [0.3, 0.4) is 0 Å². The van der Waals surface area contributed by atoms with E-state index in [-0.39, 0.29) is 11.2 Å². The zero-order valence-corrected chi connectivity index (χ0v) is 29.9. The van der Waals surface area contributed by atoms with Gasteiger partial charge in [-0.2, -0.15) is 10.2 Å². The lowest BCUT2D eigenvalue weighted by Crippen LogP contribution is -2.14. The van der Waals surface area contributed by atoms with Crippen molar-refractivity contribution in [2.24, 2.45) is 10.2 Å². The fourth-order valence-corrected chi connectivity index (χ4v) is 4.66. The summed E-state index contributed by atoms with van der Waals surface area (Å²) in [5, 5.41) is 8.68. The highest BCUT2D eigenvalue weighted by Crippen LogP contribution is 2.35. The van der Waals surface area contributed by atoms with E-state index in [4.69, 9.17) is 33.2 Å². The van der Waals surface area contributed by atoms with Gasteiger partial charge in [0.25, 0.3) is 0 Å². The first kappa shape index (κ1) is 38.7. The monoisotopic (exact) mass is 698 g/mol. The second-order valence-corrected chi connectivity index (χ2v) is 12.4. The average molecular weight is 699 g/mol. The van der Waals surface area contributed by atoms with Crippen molar-refractivity contribution in [1.29, 1.82) is 0 Å². The maximum absolute atomic E-state index is 12.7. The summed E-state index contributed by atoms with van der Waals surface area (Å²) in [6, 6.07) is 26.3. The van der Waals surface area contributed by atoms with Gasteiger partial charge < -0.3 is 33.2 Å². The predicted molar refractivity (Wildman–Crippen MR) is 194 cm³/mol. The molecule has 0 amide bonds. The van der Waals surface area contributed by atoms with Gasteiger partial charge in [-0.15, -0.1) is 0 Å². The highest BCUT2D eigenvalue weighted by Gasteiger charge is 2.19. The Morgan fingerprint density at radius 3 is 1.51 bits per heavy atom. The van der Waals surface area contributed by atoms with Gasteiger partial charge >= 0.3 is 5.97 Å². The van der Waals surface area contributed by atoms with Gasteiger partial charge in [-0.05, 0) is 103 Å². The van der Waals surface area contributed by atoms with E-state index in [1.807, 2.05) is 18.2 Å². The normalized spacial score (nSPS) is 11.4. The van der Waals surface area contributed by atoms with E-state index < -0.39 is 5.97 Å². The fourth-order valence-electron chi connectivity index (χ4n) is 4.66. The zero-order chi connectivity index (χ0) is 36.5. The molecular weight excluding hydrogens is 652 g/mol. The minimum atomic E-state index is -0.483. The van der Waals surface area contributed by atoms with Crippen molar-refractivity contribution in [3.05, 3.63) is 108 Å². The minimum Gasteiger partial charge on any atom is -0.496 e. The van der Waals surface area contributed by atoms with Crippen LogP contribution in [0, 0.1) is 0 Å². The molecule has 0 heterocycles. The smallest absolute Gasteiger partial charge is 0.343 e. The minimum absolute atomic E-state index is 0.0225. The first-order chi connectivity index (χ1) is 24.6. The van der Waals surface area contributed by atoms with Crippen LogP contribution in [0.4, 0.5) is 11.4 Å². The van der Waals surface area contributed by atoms with E-state index in [9.17, 15) is 9.59 Å². The van der Waals surface area contributed by atoms with E-state index in [0.29, 0.717) is 86.9 Å². The number of benzene rings is 4. The van der Waals surface area contributed by atoms with E-state index in [1.165, 1.54) is 6.92 Å². The van der Waals surface area contributed by atoms with Gasteiger partial charge in [-0.1, -0.05) is 20.8 Å². The first-order valence-corrected chi connectivity index (χ1v) is 16.7. The standard InChI is InChI=1S/C40H46N2O9/c1-29(43)30-6-13-34(14-7-30)49-26-24-47-22-20-46-21-23-48-25-27-50-35-15-8-31(9-16-35)39(44)51-36-17-10-32(11-18-36)41-42-33-12-19-38(45-5)37(28-33)40(2,3)4/h6-19,28H,20-27H2,1-5H3. The van der Waals surface area contributed by atoms with Gasteiger partial charge in [0.2, 0.25) is 0 Å². The molecule has 4 aromatic carbocycles. The molecule has 0 fully saturated rings. The molecule has 0 aliphatic heterocycles. The lowest BCUT2D eigenvalue weighted by Gasteiger charge is -2.22. The second kappa shape index (κ2) is 19.9. The van der Waals surface area contributed by atoms with Crippen molar-refractivity contribution >= 4 is 23.1 Å². The van der Waals surface area contributed by atoms with Gasteiger partial charge in [0.1, 0.15) is 36.2 Å². The molecule has 0 aromatic heterocycles. The summed E-state index contributed by atoms with van der Waals surface area (Å²) < 4.78 is 38.9. The number of hydrogen-bond donors (Lipinski definition) is 0. The van der Waals surface area contributed by atoms with Crippen molar-refractivity contribution in [2.45, 2.75) is 33.1 Å². The van der Waals surface area contributed by atoms with Gasteiger partial charge in [-0.25, -0.2) is 4.79 Å². The van der Waals surface area contributed by atoms with Crippen molar-refractivity contribution in [2.75, 3.05) is 60.0 Å². The van der Waals surface area contributed by atoms with Crippen LogP contribution in [0.25, 0.3) is 0 Å². The Morgan fingerprint density at radius 1 is 0.569 bits per heavy atom. The fraction of sp³-hybridized carbons (Fsp3) is 0.350. The molecule has 0 aliphatic carbocycles. The lowest BCUT2D eigenvalue weighted by molar-refractivity contribution is 0.00499. The van der Waals surface area contributed by atoms with Crippen LogP contribution in [-0.4, -0.2) is 71.7 Å². The number of rotatable bonds is 20. The molecule has 0 atom stereocenters. The van der Waals surface area contributed by atoms with E-state index in [2.05, 4.69) is 31.0 Å². The lowest BCUT2D eigenvalue weighted by atomic mass is 9.86. The van der Waals surface area contributed by atoms with Crippen LogP contribution in [0.15, 0.2) is 101 Å². The molecule has 0 radical (unpaired) electrons. The number of azo groups is 1. The molecule has 11 heteroatoms. The van der Waals surface area contributed by atoms with E-state index >= 15 is 0 Å². The Hall–Kier alpha value is -5.10. The third-order valence-corrected chi connectivity index (χ3v) is 7.41. The summed E-state index contributed by atoms with van der Waals surface area (Å²) in [4.78, 5) is 24.0. The van der Waals surface area contributed by atoms with Gasteiger partial charge in [0, 0.05) is 11.1 Å². The summed E-state index contributed by atoms with van der Waals surface area (Å²) >= 11 is 0. The number of nitrogens with zero attached hydrogens (tertiary/aromatic N) is 2. The molecule has 0 saturated carbocycles. The molecular formula is C40H46N2O9. The number of carbonyl (C=O) groups excluding carboxylic acids is 2. The van der Waals surface area contributed by atoms with Gasteiger partial charge in [0.05, 0.1) is 63.7 Å². The molecule has 270 valence electrons. The Morgan fingerprint density at radius 2 is 1.02 bits per heavy atom. The van der Waals surface area contributed by atoms with Crippen molar-refractivity contribution in [3.63, 3.8) is 0 Å². The SMILES string of the molecule is COc1ccc(N=Nc2ccc(OC(=O)c3ccc(OCCOCCOCCOCCOc4ccc(C(C)=O)cc4)cc3)cc2)cc1C(C)(C)C. The second-order valence-electron chi connectivity index (χ2n) is 12.4. The van der Waals surface area contributed by atoms with Gasteiger partial charge in [0.15, 0.2) is 5.78 Å². The quantitative estimate of drug-likeness (QED) is 0.0295. The third-order valence-electron chi connectivity index (χ3n) is 7.41. The maximum atomic E-state index is 12.7. The molecule has 4 aromatic rings. The van der Waals surface area contributed by atoms with Crippen molar-refractivity contribution in [1.82, 2.24) is 0 Å². The van der Waals surface area contributed by atoms with Crippen LogP contribution >= 0.6 is 0 Å². The molecule has 0 spiro atoms. The summed E-state index contributed by atoms with van der Waals surface area (Å²) in [5.74, 6) is 2.05. The maximum Gasteiger partial charge on any atom is 0.343 e. The third kappa shape index (κ3) is 13.3. The molecule has 0 aliphatic rings. The number of esters is 1. The zero-order valence-electron chi connectivity index (χ0n) is 29.9. The Balaban J connectivity index is 1.05. The summed E-state index contributed by atoms with van der Waals surface area (Å²) in [6.45, 7) is 11.2. The molecule has 0 bridgehead atoms. The van der Waals surface area contributed by atoms with Crippen LogP contribution in [0.1, 0.15) is 54.0 Å². The molecule has 51 heavy (non-hydrogen) atoms. The molecule has 0 N–H and O–H groups in total. The summed E-state index contributed by atoms with van der Waals surface area (Å²) in [7, 11) is 1.66. The van der Waals surface area contributed by atoms with Crippen LogP contribution in [0.5, 0.6) is 23.0 Å². The topological polar surface area (TPSA) is 123 Å². The largest absolute Gasteiger partial charge is 0.496 e. The molecule has 11 nitrogen and oxygen atoms in total. The molecule has 0 saturated heterocycles. The summed E-state index contributed by atoms with van der Waals surface area (Å²) in [6.07, 6.45) is 0. The average Bonchev–Trinajstić information content (AvgIpc) is 3.13. The highest BCUT2D eigenvalue weighted by molar-refractivity contribution is 5.94. The van der Waals surface area contributed by atoms with Crippen LogP contribution < -0.4 is 18.9 Å². The van der Waals surface area contributed by atoms with E-state index in [0.717, 1.165) is 17.0 Å². The number of methoxy groups -OCH3 is 1. The number of Topliss-reactive ketones (excluding diaryl/α,β-unsaturated/α-hetero) is 1. The number of ether oxygens (including phenoxy) is 7. The number of ketones is 1. The van der Waals surface area contributed by atoms with E-state index in [1.54, 1.807) is 79.9 Å². The van der Waals surface area contributed by atoms with Crippen molar-refractivity contribution < 1.29 is 42.7 Å². The van der Waals surface area contributed by atoms with Crippen LogP contribution in [0.2, 0.25) is 0 Å². The Labute approximate surface area is 299 Å². The van der Waals surface area contributed by atoms with Gasteiger partial charge in [-0.3, -0.25) is 4.79 Å². The highest BCUT2D eigenvalue weighted by atomic mass is 16.6. The first-order valence-electron chi connectivity index (χ1n) is 16.7. The predicted octanol–water partition coefficient (Wildman–Crippen LogP) is 8.34. The molecule has 0 unspecified atom stereocenters. The summed E-state index contributed by atoms with van der Waals surface area (Å²) in [5.41, 5.74) is 3.33. The van der Waals surface area contributed by atoms with Crippen molar-refractivity contribution in [3.8, 4) is 23.0 Å². The van der Waals surface area contributed by atoms with Crippen LogP contribution in [-0.2, 0) is 19.6 Å². The molecule has 4 rings (SSSR count).